The van der Waals surface area contributed by atoms with Gasteiger partial charge in [-0.3, -0.25) is 4.21 Å². The average Bonchev–Trinajstić information content (AvgIpc) is 2.16. The molecular weight excluding hydrogens is 194 g/mol. The molecule has 0 aromatic heterocycles. The van der Waals surface area contributed by atoms with Crippen LogP contribution in [-0.4, -0.2) is 28.3 Å². The Morgan fingerprint density at radius 1 is 1.29 bits per heavy atom. The van der Waals surface area contributed by atoms with Crippen molar-refractivity contribution >= 4 is 10.8 Å². The van der Waals surface area contributed by atoms with Crippen LogP contribution in [0, 0.1) is 0 Å². The largest absolute Gasteiger partial charge is 0.314 e. The van der Waals surface area contributed by atoms with Gasteiger partial charge in [0.1, 0.15) is 0 Å². The van der Waals surface area contributed by atoms with E-state index in [0.717, 1.165) is 13.0 Å². The van der Waals surface area contributed by atoms with Crippen molar-refractivity contribution in [1.29, 1.82) is 0 Å². The van der Waals surface area contributed by atoms with Crippen LogP contribution in [0.3, 0.4) is 0 Å². The Hall–Kier alpha value is 0.110. The second-order valence-corrected chi connectivity index (χ2v) is 5.75. The van der Waals surface area contributed by atoms with Crippen LogP contribution in [-0.2, 0) is 10.8 Å². The Kier molecular flexibility index (Phi) is 8.49. The molecule has 3 atom stereocenters. The van der Waals surface area contributed by atoms with E-state index < -0.39 is 10.8 Å². The smallest absolute Gasteiger partial charge is 0.0329 e. The second kappa shape index (κ2) is 8.42. The fourth-order valence-electron chi connectivity index (χ4n) is 1.46. The number of hydrogen-bond donors (Lipinski definition) is 1. The first kappa shape index (κ1) is 14.1. The number of nitrogens with one attached hydrogen (secondary N) is 1. The molecule has 14 heavy (non-hydrogen) atoms. The van der Waals surface area contributed by atoms with E-state index >= 15 is 0 Å². The number of rotatable bonds is 8. The zero-order valence-corrected chi connectivity index (χ0v) is 10.8. The lowest BCUT2D eigenvalue weighted by Gasteiger charge is -2.17. The lowest BCUT2D eigenvalue weighted by atomic mass is 10.1. The molecule has 0 aromatic carbocycles. The van der Waals surface area contributed by atoms with E-state index in [4.69, 9.17) is 0 Å². The van der Waals surface area contributed by atoms with Gasteiger partial charge < -0.3 is 5.32 Å². The Bertz CT molecular complexity index is 161. The molecule has 0 aliphatic rings. The van der Waals surface area contributed by atoms with E-state index in [1.807, 2.05) is 0 Å². The molecule has 0 saturated heterocycles. The minimum Gasteiger partial charge on any atom is -0.314 e. The fourth-order valence-corrected chi connectivity index (χ4v) is 1.91. The highest BCUT2D eigenvalue weighted by molar-refractivity contribution is 7.84. The first-order chi connectivity index (χ1) is 6.61. The first-order valence-corrected chi connectivity index (χ1v) is 7.29. The minimum absolute atomic E-state index is 0.321. The van der Waals surface area contributed by atoms with Crippen LogP contribution in [0.2, 0.25) is 0 Å². The maximum Gasteiger partial charge on any atom is 0.0329 e. The molecule has 3 heteroatoms. The van der Waals surface area contributed by atoms with Crippen molar-refractivity contribution in [2.45, 2.75) is 57.7 Å². The van der Waals surface area contributed by atoms with Gasteiger partial charge >= 0.3 is 0 Å². The maximum atomic E-state index is 11.1. The van der Waals surface area contributed by atoms with E-state index in [2.05, 4.69) is 26.1 Å². The first-order valence-electron chi connectivity index (χ1n) is 5.67. The van der Waals surface area contributed by atoms with Gasteiger partial charge in [0.05, 0.1) is 0 Å². The van der Waals surface area contributed by atoms with Gasteiger partial charge in [-0.2, -0.15) is 0 Å². The summed E-state index contributed by atoms with van der Waals surface area (Å²) in [6, 6.07) is 0.650. The quantitative estimate of drug-likeness (QED) is 0.679. The van der Waals surface area contributed by atoms with Crippen molar-refractivity contribution in [2.24, 2.45) is 0 Å². The van der Waals surface area contributed by atoms with Crippen LogP contribution in [0.25, 0.3) is 0 Å². The highest BCUT2D eigenvalue weighted by Crippen LogP contribution is 2.02. The van der Waals surface area contributed by atoms with Crippen molar-refractivity contribution in [3.05, 3.63) is 0 Å². The Labute approximate surface area is 91.3 Å². The van der Waals surface area contributed by atoms with Crippen LogP contribution in [0.5, 0.6) is 0 Å². The molecule has 86 valence electrons. The van der Waals surface area contributed by atoms with Crippen LogP contribution < -0.4 is 5.32 Å². The molecule has 0 amide bonds. The summed E-state index contributed by atoms with van der Waals surface area (Å²) in [5.41, 5.74) is 0. The summed E-state index contributed by atoms with van der Waals surface area (Å²) >= 11 is 0. The molecule has 0 spiro atoms. The van der Waals surface area contributed by atoms with Crippen molar-refractivity contribution in [1.82, 2.24) is 5.32 Å². The summed E-state index contributed by atoms with van der Waals surface area (Å²) in [4.78, 5) is 0. The summed E-state index contributed by atoms with van der Waals surface area (Å²) in [6.07, 6.45) is 6.48. The van der Waals surface area contributed by atoms with E-state index in [9.17, 15) is 4.21 Å². The normalized spacial score (nSPS) is 17.7. The lowest BCUT2D eigenvalue weighted by molar-refractivity contribution is 0.458. The molecule has 0 bridgehead atoms. The molecule has 1 N–H and O–H groups in total. The van der Waals surface area contributed by atoms with Crippen LogP contribution >= 0.6 is 0 Å². The predicted octanol–water partition coefficient (Wildman–Crippen LogP) is 2.31. The van der Waals surface area contributed by atoms with Crippen molar-refractivity contribution in [3.63, 3.8) is 0 Å². The van der Waals surface area contributed by atoms with Crippen molar-refractivity contribution in [3.8, 4) is 0 Å². The van der Waals surface area contributed by atoms with Crippen molar-refractivity contribution in [2.75, 3.05) is 12.8 Å². The van der Waals surface area contributed by atoms with Gasteiger partial charge in [0, 0.05) is 28.3 Å². The second-order valence-electron chi connectivity index (χ2n) is 3.95. The van der Waals surface area contributed by atoms with Gasteiger partial charge in [0.2, 0.25) is 0 Å². The Morgan fingerprint density at radius 2 is 1.93 bits per heavy atom. The molecular formula is C11H25NOS. The van der Waals surface area contributed by atoms with E-state index in [0.29, 0.717) is 11.3 Å². The third-order valence-corrected chi connectivity index (χ3v) is 4.05. The van der Waals surface area contributed by atoms with Gasteiger partial charge in [-0.05, 0) is 25.8 Å². The molecule has 3 unspecified atom stereocenters. The molecule has 0 saturated carbocycles. The molecule has 0 fully saturated rings. The third kappa shape index (κ3) is 6.55. The monoisotopic (exact) mass is 219 g/mol. The van der Waals surface area contributed by atoms with Crippen LogP contribution in [0.1, 0.15) is 46.5 Å². The number of hydrogen-bond acceptors (Lipinski definition) is 2. The summed E-state index contributed by atoms with van der Waals surface area (Å²) < 4.78 is 11.1. The van der Waals surface area contributed by atoms with Gasteiger partial charge in [-0.1, -0.05) is 27.2 Å². The average molecular weight is 219 g/mol. The topological polar surface area (TPSA) is 29.1 Å². The molecule has 0 radical (unpaired) electrons. The van der Waals surface area contributed by atoms with Crippen LogP contribution in [0.4, 0.5) is 0 Å². The SMILES string of the molecule is CCCC(CC)NCCC(C)S(C)=O. The van der Waals surface area contributed by atoms with E-state index in [1.54, 1.807) is 6.26 Å². The fraction of sp³-hybridized carbons (Fsp3) is 1.00. The molecule has 2 nitrogen and oxygen atoms in total. The molecule has 0 aliphatic heterocycles. The summed E-state index contributed by atoms with van der Waals surface area (Å²) in [5.74, 6) is 0. The highest BCUT2D eigenvalue weighted by atomic mass is 32.2. The summed E-state index contributed by atoms with van der Waals surface area (Å²) in [6.45, 7) is 7.49. The summed E-state index contributed by atoms with van der Waals surface area (Å²) in [5, 5.41) is 3.84. The van der Waals surface area contributed by atoms with E-state index in [-0.39, 0.29) is 0 Å². The highest BCUT2D eigenvalue weighted by Gasteiger charge is 2.07. The van der Waals surface area contributed by atoms with Gasteiger partial charge in [-0.15, -0.1) is 0 Å². The standard InChI is InChI=1S/C11H25NOS/c1-5-7-11(6-2)12-9-8-10(3)14(4)13/h10-12H,5-9H2,1-4H3. The zero-order chi connectivity index (χ0) is 11.0. The van der Waals surface area contributed by atoms with Gasteiger partial charge in [-0.25, -0.2) is 0 Å². The molecule has 0 heterocycles. The van der Waals surface area contributed by atoms with Gasteiger partial charge in [0.25, 0.3) is 0 Å². The minimum atomic E-state index is -0.671. The van der Waals surface area contributed by atoms with Crippen LogP contribution in [0.15, 0.2) is 0 Å². The third-order valence-electron chi connectivity index (χ3n) is 2.68. The Balaban J connectivity index is 3.55. The molecule has 0 aromatic rings. The molecule has 0 aliphatic carbocycles. The zero-order valence-electron chi connectivity index (χ0n) is 10.0. The van der Waals surface area contributed by atoms with Gasteiger partial charge in [0.15, 0.2) is 0 Å². The molecule has 0 rings (SSSR count). The van der Waals surface area contributed by atoms with Crippen molar-refractivity contribution < 1.29 is 4.21 Å². The lowest BCUT2D eigenvalue weighted by Crippen LogP contribution is -2.31. The predicted molar refractivity (Wildman–Crippen MR) is 65.1 cm³/mol. The maximum absolute atomic E-state index is 11.1. The Morgan fingerprint density at radius 3 is 2.36 bits per heavy atom. The van der Waals surface area contributed by atoms with E-state index in [1.165, 1.54) is 19.3 Å². The summed E-state index contributed by atoms with van der Waals surface area (Å²) in [7, 11) is -0.671.